The molecule has 1 fully saturated rings. The summed E-state index contributed by atoms with van der Waals surface area (Å²) in [5.74, 6) is 0.678. The first-order valence-corrected chi connectivity index (χ1v) is 8.80. The molecule has 0 radical (unpaired) electrons. The van der Waals surface area contributed by atoms with E-state index in [0.29, 0.717) is 37.0 Å². The molecule has 23 heavy (non-hydrogen) atoms. The van der Waals surface area contributed by atoms with E-state index in [1.54, 1.807) is 12.1 Å². The topological polar surface area (TPSA) is 85.4 Å². The highest BCUT2D eigenvalue weighted by Gasteiger charge is 2.29. The van der Waals surface area contributed by atoms with E-state index in [9.17, 15) is 8.42 Å². The van der Waals surface area contributed by atoms with E-state index >= 15 is 0 Å². The van der Waals surface area contributed by atoms with Crippen molar-refractivity contribution in [2.75, 3.05) is 50.1 Å². The summed E-state index contributed by atoms with van der Waals surface area (Å²) < 4.78 is 27.0. The van der Waals surface area contributed by atoms with E-state index in [1.807, 2.05) is 36.0 Å². The molecule has 3 rings (SSSR count). The molecule has 0 bridgehead atoms. The molecule has 2 aromatic rings. The molecule has 0 amide bonds. The lowest BCUT2D eigenvalue weighted by Gasteiger charge is -2.33. The lowest BCUT2D eigenvalue weighted by atomic mass is 10.3. The Morgan fingerprint density at radius 3 is 2.26 bits per heavy atom. The van der Waals surface area contributed by atoms with E-state index < -0.39 is 10.0 Å². The Kier molecular flexibility index (Phi) is 4.22. The molecule has 1 aromatic heterocycles. The number of nitrogens with one attached hydrogen (secondary N) is 1. The molecular weight excluding hydrogens is 316 g/mol. The zero-order valence-corrected chi connectivity index (χ0v) is 14.0. The van der Waals surface area contributed by atoms with Crippen molar-refractivity contribution in [1.82, 2.24) is 19.5 Å². The molecule has 0 spiro atoms. The fourth-order valence-corrected chi connectivity index (χ4v) is 3.98. The summed E-state index contributed by atoms with van der Waals surface area (Å²) in [6.07, 6.45) is 1.45. The monoisotopic (exact) mass is 336 g/mol. The van der Waals surface area contributed by atoms with Gasteiger partial charge in [-0.1, -0.05) is 0 Å². The van der Waals surface area contributed by atoms with Gasteiger partial charge in [-0.25, -0.2) is 13.5 Å². The number of benzene rings is 1. The third kappa shape index (κ3) is 3.15. The number of anilines is 2. The maximum atomic E-state index is 12.7. The summed E-state index contributed by atoms with van der Waals surface area (Å²) in [7, 11) is 0.391. The van der Waals surface area contributed by atoms with Crippen molar-refractivity contribution in [3.63, 3.8) is 0 Å². The molecule has 1 N–H and O–H groups in total. The van der Waals surface area contributed by atoms with Gasteiger partial charge in [-0.15, -0.1) is 0 Å². The van der Waals surface area contributed by atoms with Crippen LogP contribution in [0.4, 0.5) is 11.6 Å². The predicted octanol–water partition coefficient (Wildman–Crippen LogP) is 0.382. The smallest absolute Gasteiger partial charge is 0.243 e. The number of sulfonamides is 1. The molecule has 0 aliphatic carbocycles. The zero-order chi connectivity index (χ0) is 16.4. The highest BCUT2D eigenvalue weighted by molar-refractivity contribution is 7.89. The van der Waals surface area contributed by atoms with Gasteiger partial charge in [0, 0.05) is 46.0 Å². The van der Waals surface area contributed by atoms with Gasteiger partial charge in [0.05, 0.1) is 4.90 Å². The molecule has 2 heterocycles. The van der Waals surface area contributed by atoms with Crippen LogP contribution in [0.15, 0.2) is 35.5 Å². The van der Waals surface area contributed by atoms with Gasteiger partial charge in [0.1, 0.15) is 6.33 Å². The van der Waals surface area contributed by atoms with Crippen LogP contribution in [0.5, 0.6) is 0 Å². The van der Waals surface area contributed by atoms with E-state index in [0.717, 1.165) is 5.69 Å². The molecule has 1 aliphatic rings. The van der Waals surface area contributed by atoms with E-state index in [1.165, 1.54) is 10.6 Å². The van der Waals surface area contributed by atoms with Crippen molar-refractivity contribution in [1.29, 1.82) is 0 Å². The first kappa shape index (κ1) is 15.8. The van der Waals surface area contributed by atoms with Gasteiger partial charge in [0.2, 0.25) is 16.0 Å². The van der Waals surface area contributed by atoms with Gasteiger partial charge in [-0.2, -0.15) is 14.4 Å². The number of rotatable bonds is 4. The van der Waals surface area contributed by atoms with Crippen molar-refractivity contribution in [2.24, 2.45) is 0 Å². The van der Waals surface area contributed by atoms with Crippen molar-refractivity contribution in [3.05, 3.63) is 30.6 Å². The van der Waals surface area contributed by atoms with Crippen molar-refractivity contribution in [3.8, 4) is 0 Å². The van der Waals surface area contributed by atoms with Crippen LogP contribution in [0.2, 0.25) is 0 Å². The highest BCUT2D eigenvalue weighted by atomic mass is 32.2. The molecule has 124 valence electrons. The second kappa shape index (κ2) is 6.17. The van der Waals surface area contributed by atoms with Gasteiger partial charge in [-0.3, -0.25) is 0 Å². The average molecular weight is 336 g/mol. The second-order valence-corrected chi connectivity index (χ2v) is 7.53. The lowest BCUT2D eigenvalue weighted by Crippen LogP contribution is -2.49. The normalized spacial score (nSPS) is 16.5. The summed E-state index contributed by atoms with van der Waals surface area (Å²) in [6.45, 7) is 2.03. The summed E-state index contributed by atoms with van der Waals surface area (Å²) in [4.78, 5) is 8.36. The Hall–Kier alpha value is -2.13. The first-order valence-electron chi connectivity index (χ1n) is 7.36. The van der Waals surface area contributed by atoms with Gasteiger partial charge in [-0.05, 0) is 24.3 Å². The van der Waals surface area contributed by atoms with E-state index in [2.05, 4.69) is 15.2 Å². The molecule has 0 saturated carbocycles. The second-order valence-electron chi connectivity index (χ2n) is 5.59. The van der Waals surface area contributed by atoms with Crippen LogP contribution >= 0.6 is 0 Å². The Balaban J connectivity index is 1.71. The number of nitrogens with zero attached hydrogens (tertiary/aromatic N) is 5. The van der Waals surface area contributed by atoms with Crippen molar-refractivity contribution >= 4 is 21.7 Å². The van der Waals surface area contributed by atoms with Gasteiger partial charge in [0.15, 0.2) is 0 Å². The lowest BCUT2D eigenvalue weighted by molar-refractivity contribution is 0.382. The van der Waals surface area contributed by atoms with Gasteiger partial charge < -0.3 is 9.80 Å². The highest BCUT2D eigenvalue weighted by Crippen LogP contribution is 2.21. The predicted molar refractivity (Wildman–Crippen MR) is 88.1 cm³/mol. The molecule has 8 nitrogen and oxygen atoms in total. The number of aromatic amines is 1. The van der Waals surface area contributed by atoms with Gasteiger partial charge in [0.25, 0.3) is 0 Å². The fraction of sp³-hybridized carbons (Fsp3) is 0.429. The third-order valence-electron chi connectivity index (χ3n) is 3.93. The van der Waals surface area contributed by atoms with Crippen LogP contribution in [-0.4, -0.2) is 68.2 Å². The molecule has 0 atom stereocenters. The molecular formula is C14H20N6O2S. The number of aromatic nitrogens is 3. The number of hydrogen-bond donors (Lipinski definition) is 1. The Morgan fingerprint density at radius 2 is 1.74 bits per heavy atom. The summed E-state index contributed by atoms with van der Waals surface area (Å²) in [5, 5.41) is 6.62. The van der Waals surface area contributed by atoms with Crippen LogP contribution in [0, 0.1) is 0 Å². The quantitative estimate of drug-likeness (QED) is 0.869. The summed E-state index contributed by atoms with van der Waals surface area (Å²) >= 11 is 0. The van der Waals surface area contributed by atoms with Crippen molar-refractivity contribution < 1.29 is 8.42 Å². The molecule has 9 heteroatoms. The molecule has 1 aliphatic heterocycles. The fourth-order valence-electron chi connectivity index (χ4n) is 2.56. The number of hydrogen-bond acceptors (Lipinski definition) is 6. The number of piperazine rings is 1. The van der Waals surface area contributed by atoms with E-state index in [-0.39, 0.29) is 0 Å². The SMILES string of the molecule is CN(C)c1ccc(S(=O)(=O)N2CCN(c3ncn[nH]3)CC2)cc1. The maximum Gasteiger partial charge on any atom is 0.243 e. The van der Waals surface area contributed by atoms with Crippen molar-refractivity contribution in [2.45, 2.75) is 4.90 Å². The van der Waals surface area contributed by atoms with Crippen LogP contribution in [0.1, 0.15) is 0 Å². The van der Waals surface area contributed by atoms with E-state index in [4.69, 9.17) is 0 Å². The molecule has 0 unspecified atom stereocenters. The minimum Gasteiger partial charge on any atom is -0.378 e. The summed E-state index contributed by atoms with van der Waals surface area (Å²) in [5.41, 5.74) is 0.971. The minimum atomic E-state index is -3.45. The summed E-state index contributed by atoms with van der Waals surface area (Å²) in [6, 6.07) is 6.95. The first-order chi connectivity index (χ1) is 11.0. The zero-order valence-electron chi connectivity index (χ0n) is 13.2. The standard InChI is InChI=1S/C14H20N6O2S/c1-18(2)12-3-5-13(6-4-12)23(21,22)20-9-7-19(8-10-20)14-15-11-16-17-14/h3-6,11H,7-10H2,1-2H3,(H,15,16,17). The number of H-pyrrole nitrogens is 1. The minimum absolute atomic E-state index is 0.330. The Bertz CT molecular complexity index is 734. The molecule has 1 aromatic carbocycles. The maximum absolute atomic E-state index is 12.7. The third-order valence-corrected chi connectivity index (χ3v) is 5.84. The Morgan fingerprint density at radius 1 is 1.09 bits per heavy atom. The van der Waals surface area contributed by atoms with Gasteiger partial charge >= 0.3 is 0 Å². The Labute approximate surface area is 135 Å². The van der Waals surface area contributed by atoms with Crippen LogP contribution in [-0.2, 0) is 10.0 Å². The average Bonchev–Trinajstić information content (AvgIpc) is 3.09. The van der Waals surface area contributed by atoms with Crippen LogP contribution < -0.4 is 9.80 Å². The largest absolute Gasteiger partial charge is 0.378 e. The van der Waals surface area contributed by atoms with Crippen LogP contribution in [0.3, 0.4) is 0 Å². The molecule has 1 saturated heterocycles. The van der Waals surface area contributed by atoms with Crippen LogP contribution in [0.25, 0.3) is 0 Å².